The van der Waals surface area contributed by atoms with Gasteiger partial charge in [0.05, 0.1) is 12.0 Å². The predicted octanol–water partition coefficient (Wildman–Crippen LogP) is 2.74. The van der Waals surface area contributed by atoms with Gasteiger partial charge < -0.3 is 15.6 Å². The highest BCUT2D eigenvalue weighted by Gasteiger charge is 2.19. The molecule has 4 nitrogen and oxygen atoms in total. The quantitative estimate of drug-likeness (QED) is 0.681. The van der Waals surface area contributed by atoms with Crippen LogP contribution in [0.15, 0.2) is 23.8 Å². The zero-order chi connectivity index (χ0) is 15.0. The van der Waals surface area contributed by atoms with Crippen molar-refractivity contribution in [1.29, 1.82) is 0 Å². The van der Waals surface area contributed by atoms with Crippen LogP contribution in [0.3, 0.4) is 0 Å². The van der Waals surface area contributed by atoms with Gasteiger partial charge >= 0.3 is 5.97 Å². The fourth-order valence-electron chi connectivity index (χ4n) is 2.40. The topological polar surface area (TPSA) is 72.5 Å². The Labute approximate surface area is 121 Å². The minimum absolute atomic E-state index is 0.186. The van der Waals surface area contributed by atoms with Gasteiger partial charge in [-0.1, -0.05) is 30.7 Å². The highest BCUT2D eigenvalue weighted by atomic mass is 16.5. The largest absolute Gasteiger partial charge is 0.481 e. The second-order valence-electron chi connectivity index (χ2n) is 5.53. The molecule has 3 unspecified atom stereocenters. The molecule has 114 valence electrons. The number of hydrogen-bond donors (Lipinski definition) is 2. The number of carboxylic acid groups (broad SMARTS) is 1. The molecule has 0 aromatic rings. The van der Waals surface area contributed by atoms with Crippen LogP contribution >= 0.6 is 0 Å². The number of aliphatic carboxylic acids is 1. The molecule has 0 aromatic carbocycles. The average molecular weight is 281 g/mol. The van der Waals surface area contributed by atoms with Crippen LogP contribution in [0.25, 0.3) is 0 Å². The van der Waals surface area contributed by atoms with E-state index in [-0.39, 0.29) is 12.6 Å². The molecule has 0 saturated carbocycles. The van der Waals surface area contributed by atoms with Crippen molar-refractivity contribution in [2.24, 2.45) is 17.6 Å². The number of carbonyl (C=O) groups is 1. The Hall–Kier alpha value is -1.13. The van der Waals surface area contributed by atoms with Crippen molar-refractivity contribution in [3.8, 4) is 0 Å². The molecule has 0 amide bonds. The molecule has 4 heteroatoms. The van der Waals surface area contributed by atoms with Gasteiger partial charge in [-0.2, -0.15) is 0 Å². The Morgan fingerprint density at radius 1 is 1.60 bits per heavy atom. The maximum Gasteiger partial charge on any atom is 0.308 e. The van der Waals surface area contributed by atoms with Crippen LogP contribution in [0.1, 0.15) is 39.5 Å². The van der Waals surface area contributed by atoms with E-state index in [2.05, 4.69) is 26.0 Å². The third-order valence-corrected chi connectivity index (χ3v) is 3.62. The lowest BCUT2D eigenvalue weighted by Gasteiger charge is -2.21. The lowest BCUT2D eigenvalue weighted by Crippen LogP contribution is -2.24. The molecule has 0 fully saturated rings. The van der Waals surface area contributed by atoms with E-state index in [9.17, 15) is 4.79 Å². The second-order valence-corrected chi connectivity index (χ2v) is 5.53. The standard InChI is InChI=1S/C16H27NO3/c1-3-8-20-12(2)9-13-4-6-14(7-5-13)10-15(11-17)16(18)19/h4,6-7,12-13,15H,3,5,8-11,17H2,1-2H3,(H,18,19). The summed E-state index contributed by atoms with van der Waals surface area (Å²) in [6.45, 7) is 5.22. The van der Waals surface area contributed by atoms with Crippen LogP contribution in [-0.4, -0.2) is 30.3 Å². The van der Waals surface area contributed by atoms with Gasteiger partial charge in [-0.05, 0) is 38.5 Å². The molecule has 0 spiro atoms. The van der Waals surface area contributed by atoms with Gasteiger partial charge in [-0.3, -0.25) is 4.79 Å². The summed E-state index contributed by atoms with van der Waals surface area (Å²) < 4.78 is 5.69. The number of rotatable bonds is 9. The molecule has 3 atom stereocenters. The van der Waals surface area contributed by atoms with E-state index in [0.29, 0.717) is 12.3 Å². The lowest BCUT2D eigenvalue weighted by atomic mass is 9.88. The third-order valence-electron chi connectivity index (χ3n) is 3.62. The van der Waals surface area contributed by atoms with Crippen molar-refractivity contribution < 1.29 is 14.6 Å². The van der Waals surface area contributed by atoms with Crippen LogP contribution in [-0.2, 0) is 9.53 Å². The van der Waals surface area contributed by atoms with Gasteiger partial charge in [-0.25, -0.2) is 0 Å². The number of nitrogens with two attached hydrogens (primary N) is 1. The summed E-state index contributed by atoms with van der Waals surface area (Å²) in [5.74, 6) is -0.800. The first-order valence-corrected chi connectivity index (χ1v) is 7.48. The van der Waals surface area contributed by atoms with Crippen molar-refractivity contribution in [1.82, 2.24) is 0 Å². The van der Waals surface area contributed by atoms with Gasteiger partial charge in [0.25, 0.3) is 0 Å². The SMILES string of the molecule is CCCOC(C)CC1C=CC(CC(CN)C(=O)O)=CC1. The van der Waals surface area contributed by atoms with Crippen molar-refractivity contribution in [3.05, 3.63) is 23.8 Å². The van der Waals surface area contributed by atoms with E-state index in [4.69, 9.17) is 15.6 Å². The molecule has 3 N–H and O–H groups in total. The summed E-state index contributed by atoms with van der Waals surface area (Å²) in [6, 6.07) is 0. The van der Waals surface area contributed by atoms with E-state index in [1.54, 1.807) is 0 Å². The normalized spacial score (nSPS) is 21.4. The predicted molar refractivity (Wildman–Crippen MR) is 80.4 cm³/mol. The molecule has 0 aromatic heterocycles. The molecular formula is C16H27NO3. The van der Waals surface area contributed by atoms with E-state index in [1.165, 1.54) is 0 Å². The minimum Gasteiger partial charge on any atom is -0.481 e. The first-order valence-electron chi connectivity index (χ1n) is 7.48. The molecule has 0 saturated heterocycles. The highest BCUT2D eigenvalue weighted by molar-refractivity contribution is 5.70. The molecule has 0 aliphatic heterocycles. The average Bonchev–Trinajstić information content (AvgIpc) is 2.44. The van der Waals surface area contributed by atoms with Crippen LogP contribution in [0, 0.1) is 11.8 Å². The lowest BCUT2D eigenvalue weighted by molar-refractivity contribution is -0.141. The summed E-state index contributed by atoms with van der Waals surface area (Å²) in [7, 11) is 0. The number of hydrogen-bond acceptors (Lipinski definition) is 3. The van der Waals surface area contributed by atoms with Gasteiger partial charge in [-0.15, -0.1) is 0 Å². The molecule has 1 aliphatic carbocycles. The Bertz CT molecular complexity index is 363. The highest BCUT2D eigenvalue weighted by Crippen LogP contribution is 2.25. The molecule has 1 aliphatic rings. The second kappa shape index (κ2) is 8.93. The molecule has 20 heavy (non-hydrogen) atoms. The summed E-state index contributed by atoms with van der Waals surface area (Å²) in [5, 5.41) is 9.01. The molecular weight excluding hydrogens is 254 g/mol. The first-order chi connectivity index (χ1) is 9.56. The maximum atomic E-state index is 11.0. The minimum atomic E-state index is -0.814. The van der Waals surface area contributed by atoms with Crippen LogP contribution in [0.5, 0.6) is 0 Å². The van der Waals surface area contributed by atoms with Gasteiger partial charge in [0.1, 0.15) is 0 Å². The van der Waals surface area contributed by atoms with Gasteiger partial charge in [0.15, 0.2) is 0 Å². The molecule has 1 rings (SSSR count). The molecule has 0 bridgehead atoms. The van der Waals surface area contributed by atoms with Gasteiger partial charge in [0, 0.05) is 13.2 Å². The summed E-state index contributed by atoms with van der Waals surface area (Å²) in [5.41, 5.74) is 6.57. The number of carboxylic acids is 1. The Morgan fingerprint density at radius 3 is 2.85 bits per heavy atom. The van der Waals surface area contributed by atoms with E-state index in [0.717, 1.165) is 31.4 Å². The van der Waals surface area contributed by atoms with Crippen molar-refractivity contribution in [2.45, 2.75) is 45.6 Å². The van der Waals surface area contributed by atoms with Crippen LogP contribution in [0.2, 0.25) is 0 Å². The zero-order valence-corrected chi connectivity index (χ0v) is 12.5. The van der Waals surface area contributed by atoms with E-state index in [1.807, 2.05) is 6.08 Å². The van der Waals surface area contributed by atoms with Crippen LogP contribution in [0.4, 0.5) is 0 Å². The van der Waals surface area contributed by atoms with E-state index >= 15 is 0 Å². The first kappa shape index (κ1) is 16.9. The van der Waals surface area contributed by atoms with Gasteiger partial charge in [0.2, 0.25) is 0 Å². The molecule has 0 heterocycles. The smallest absolute Gasteiger partial charge is 0.308 e. The van der Waals surface area contributed by atoms with Crippen molar-refractivity contribution >= 4 is 5.97 Å². The fraction of sp³-hybridized carbons (Fsp3) is 0.688. The fourth-order valence-corrected chi connectivity index (χ4v) is 2.40. The Kier molecular flexibility index (Phi) is 7.55. The zero-order valence-electron chi connectivity index (χ0n) is 12.5. The summed E-state index contributed by atoms with van der Waals surface area (Å²) >= 11 is 0. The van der Waals surface area contributed by atoms with Crippen LogP contribution < -0.4 is 5.73 Å². The number of allylic oxidation sites excluding steroid dienone is 4. The van der Waals surface area contributed by atoms with E-state index < -0.39 is 11.9 Å². The van der Waals surface area contributed by atoms with Crippen molar-refractivity contribution in [2.75, 3.05) is 13.2 Å². The molecule has 0 radical (unpaired) electrons. The number of ether oxygens (including phenoxy) is 1. The summed E-state index contributed by atoms with van der Waals surface area (Å²) in [4.78, 5) is 11.0. The Balaban J connectivity index is 2.38. The van der Waals surface area contributed by atoms with Crippen molar-refractivity contribution in [3.63, 3.8) is 0 Å². The monoisotopic (exact) mass is 281 g/mol. The third kappa shape index (κ3) is 5.88. The maximum absolute atomic E-state index is 11.0. The Morgan fingerprint density at radius 2 is 2.35 bits per heavy atom. The summed E-state index contributed by atoms with van der Waals surface area (Å²) in [6.07, 6.45) is 10.2.